The molecule has 5 aliphatic rings. The largest absolute Gasteiger partial charge is 0.524 e. The quantitative estimate of drug-likeness (QED) is 0.520. The second kappa shape index (κ2) is 9.44. The van der Waals surface area contributed by atoms with Gasteiger partial charge in [-0.1, -0.05) is 103 Å². The molecule has 4 atom stereocenters. The van der Waals surface area contributed by atoms with Gasteiger partial charge >= 0.3 is 7.12 Å². The summed E-state index contributed by atoms with van der Waals surface area (Å²) >= 11 is 0. The number of rotatable bonds is 5. The van der Waals surface area contributed by atoms with Crippen LogP contribution in [0.2, 0.25) is 0 Å². The van der Waals surface area contributed by atoms with Crippen molar-refractivity contribution >= 4 is 18.2 Å². The standard InChI is InChI=1S/C30H29BN2O2/c32-34-31(35-33)30-27-13-5-3-11-25(27)29(26-12-4-6-14-28(26)30)22-18-16-21(17-19-22)24-15-7-9-20-8-1-2-10-23(20)24/h1-16,18,20,23,25,27H,17,19,32-33H2. The molecule has 0 amide bonds. The third-order valence-electron chi connectivity index (χ3n) is 7.87. The summed E-state index contributed by atoms with van der Waals surface area (Å²) < 4.78 is 10.3. The summed E-state index contributed by atoms with van der Waals surface area (Å²) in [5.74, 6) is 12.3. The van der Waals surface area contributed by atoms with E-state index in [2.05, 4.69) is 97.2 Å². The molecule has 0 heterocycles. The fraction of sp³-hybridized carbons (Fsp3) is 0.200. The highest BCUT2D eigenvalue weighted by molar-refractivity contribution is 6.66. The summed E-state index contributed by atoms with van der Waals surface area (Å²) in [7, 11) is -0.801. The molecule has 4 nitrogen and oxygen atoms in total. The van der Waals surface area contributed by atoms with Gasteiger partial charge in [-0.3, -0.25) is 0 Å². The maximum absolute atomic E-state index is 5.59. The molecule has 6 rings (SSSR count). The van der Waals surface area contributed by atoms with Gasteiger partial charge in [0, 0.05) is 23.7 Å². The minimum atomic E-state index is -0.801. The van der Waals surface area contributed by atoms with Crippen LogP contribution < -0.4 is 22.2 Å². The lowest BCUT2D eigenvalue weighted by atomic mass is 9.60. The van der Waals surface area contributed by atoms with Crippen molar-refractivity contribution in [3.63, 3.8) is 0 Å². The van der Waals surface area contributed by atoms with Gasteiger partial charge in [0.2, 0.25) is 0 Å². The van der Waals surface area contributed by atoms with Crippen LogP contribution in [0.4, 0.5) is 0 Å². The summed E-state index contributed by atoms with van der Waals surface area (Å²) in [6, 6.07) is 8.44. The Balaban J connectivity index is 1.47. The van der Waals surface area contributed by atoms with Crippen LogP contribution in [0.5, 0.6) is 0 Å². The molecule has 1 aromatic rings. The molecule has 35 heavy (non-hydrogen) atoms. The van der Waals surface area contributed by atoms with Crippen LogP contribution >= 0.6 is 0 Å². The number of hydrogen-bond acceptors (Lipinski definition) is 4. The van der Waals surface area contributed by atoms with Gasteiger partial charge in [0.05, 0.1) is 0 Å². The topological polar surface area (TPSA) is 70.5 Å². The van der Waals surface area contributed by atoms with Gasteiger partial charge in [-0.05, 0) is 51.0 Å². The summed E-state index contributed by atoms with van der Waals surface area (Å²) in [6.45, 7) is 0. The molecule has 4 unspecified atom stereocenters. The van der Waals surface area contributed by atoms with Crippen molar-refractivity contribution in [3.05, 3.63) is 130 Å². The van der Waals surface area contributed by atoms with Crippen LogP contribution in [0.1, 0.15) is 12.8 Å². The van der Waals surface area contributed by atoms with Gasteiger partial charge < -0.3 is 9.51 Å². The minimum absolute atomic E-state index is 0.0689. The third-order valence-corrected chi connectivity index (χ3v) is 7.87. The average Bonchev–Trinajstić information content (AvgIpc) is 2.93. The zero-order chi connectivity index (χ0) is 23.8. The zero-order valence-electron chi connectivity index (χ0n) is 19.6. The fourth-order valence-electron chi connectivity index (χ4n) is 6.30. The molecular weight excluding hydrogens is 431 g/mol. The normalized spacial score (nSPS) is 28.1. The van der Waals surface area contributed by atoms with E-state index >= 15 is 0 Å². The van der Waals surface area contributed by atoms with E-state index in [9.17, 15) is 0 Å². The van der Waals surface area contributed by atoms with Crippen LogP contribution in [0.15, 0.2) is 120 Å². The molecule has 0 fully saturated rings. The molecule has 5 heteroatoms. The Bertz CT molecular complexity index is 1400. The van der Waals surface area contributed by atoms with Crippen LogP contribution in [0.25, 0.3) is 11.0 Å². The van der Waals surface area contributed by atoms with Crippen LogP contribution in [0, 0.1) is 23.7 Å². The van der Waals surface area contributed by atoms with E-state index in [-0.39, 0.29) is 11.8 Å². The Morgan fingerprint density at radius 3 is 2.03 bits per heavy atom. The first kappa shape index (κ1) is 22.3. The molecule has 0 aromatic heterocycles. The van der Waals surface area contributed by atoms with Crippen molar-refractivity contribution in [2.45, 2.75) is 12.8 Å². The van der Waals surface area contributed by atoms with Crippen molar-refractivity contribution < 1.29 is 9.51 Å². The van der Waals surface area contributed by atoms with E-state index in [1.165, 1.54) is 27.5 Å². The molecule has 5 aliphatic carbocycles. The molecule has 0 aliphatic heterocycles. The third kappa shape index (κ3) is 3.81. The van der Waals surface area contributed by atoms with Gasteiger partial charge in [-0.25, -0.2) is 11.8 Å². The molecule has 1 aromatic carbocycles. The number of allylic oxidation sites excluding steroid dienone is 16. The fourth-order valence-corrected chi connectivity index (χ4v) is 6.30. The van der Waals surface area contributed by atoms with E-state index in [1.54, 1.807) is 0 Å². The van der Waals surface area contributed by atoms with Gasteiger partial charge in [-0.15, -0.1) is 0 Å². The first-order chi connectivity index (χ1) is 17.3. The van der Waals surface area contributed by atoms with Crippen molar-refractivity contribution in [3.8, 4) is 0 Å². The summed E-state index contributed by atoms with van der Waals surface area (Å²) in [5.41, 5.74) is 6.61. The van der Waals surface area contributed by atoms with Crippen LogP contribution in [0.3, 0.4) is 0 Å². The lowest BCUT2D eigenvalue weighted by molar-refractivity contribution is 0.214. The average molecular weight is 460 g/mol. The molecule has 0 saturated heterocycles. The number of fused-ring (bicyclic) bond motifs is 3. The van der Waals surface area contributed by atoms with Crippen LogP contribution in [-0.4, -0.2) is 7.12 Å². The molecular formula is C30H29BN2O2. The number of nitrogens with two attached hydrogens (primary N) is 2. The number of hydrogen-bond donors (Lipinski definition) is 2. The molecule has 0 bridgehead atoms. The Morgan fingerprint density at radius 2 is 1.29 bits per heavy atom. The lowest BCUT2D eigenvalue weighted by Gasteiger charge is -2.35. The van der Waals surface area contributed by atoms with Crippen molar-refractivity contribution in [2.24, 2.45) is 35.5 Å². The van der Waals surface area contributed by atoms with E-state index in [4.69, 9.17) is 21.3 Å². The molecule has 0 saturated carbocycles. The van der Waals surface area contributed by atoms with Crippen molar-refractivity contribution in [1.29, 1.82) is 0 Å². The second-order valence-corrected chi connectivity index (χ2v) is 9.60. The first-order valence-corrected chi connectivity index (χ1v) is 12.3. The highest BCUT2D eigenvalue weighted by atomic mass is 16.7. The second-order valence-electron chi connectivity index (χ2n) is 9.60. The van der Waals surface area contributed by atoms with E-state index < -0.39 is 7.12 Å². The maximum Gasteiger partial charge on any atom is 0.524 e. The molecule has 174 valence electrons. The predicted octanol–water partition coefficient (Wildman–Crippen LogP) is 3.67. The lowest BCUT2D eigenvalue weighted by Crippen LogP contribution is -2.47. The van der Waals surface area contributed by atoms with E-state index in [0.29, 0.717) is 11.8 Å². The summed E-state index contributed by atoms with van der Waals surface area (Å²) in [5, 5.41) is 2.29. The van der Waals surface area contributed by atoms with Gasteiger partial charge in [0.25, 0.3) is 0 Å². The maximum atomic E-state index is 5.59. The highest BCUT2D eigenvalue weighted by Crippen LogP contribution is 2.43. The summed E-state index contributed by atoms with van der Waals surface area (Å²) in [4.78, 5) is 0. The van der Waals surface area contributed by atoms with Gasteiger partial charge in [0.1, 0.15) is 0 Å². The van der Waals surface area contributed by atoms with E-state index in [1.807, 2.05) is 6.07 Å². The van der Waals surface area contributed by atoms with Gasteiger partial charge in [0.15, 0.2) is 0 Å². The monoisotopic (exact) mass is 460 g/mol. The van der Waals surface area contributed by atoms with E-state index in [0.717, 1.165) is 23.5 Å². The zero-order valence-corrected chi connectivity index (χ0v) is 19.6. The Labute approximate surface area is 206 Å². The number of benzene rings is 1. The Morgan fingerprint density at radius 1 is 0.657 bits per heavy atom. The highest BCUT2D eigenvalue weighted by Gasteiger charge is 2.39. The SMILES string of the molecule is NOB(ON)C1=c2ccccc2=C(C2=CC=C(C3=CC=CC4C=CC=CC34)CC2)C2C=CC=CC12. The Hall–Kier alpha value is -3.22. The first-order valence-electron chi connectivity index (χ1n) is 12.3. The molecule has 0 spiro atoms. The minimum Gasteiger partial charge on any atom is -0.324 e. The van der Waals surface area contributed by atoms with Crippen LogP contribution in [-0.2, 0) is 9.51 Å². The van der Waals surface area contributed by atoms with Crippen molar-refractivity contribution in [1.82, 2.24) is 0 Å². The smallest absolute Gasteiger partial charge is 0.324 e. The van der Waals surface area contributed by atoms with Crippen molar-refractivity contribution in [2.75, 3.05) is 0 Å². The Kier molecular flexibility index (Phi) is 6.00. The van der Waals surface area contributed by atoms with Gasteiger partial charge in [-0.2, -0.15) is 0 Å². The predicted molar refractivity (Wildman–Crippen MR) is 142 cm³/mol. The summed E-state index contributed by atoms with van der Waals surface area (Å²) in [6.07, 6.45) is 31.2. The molecule has 0 radical (unpaired) electrons. The molecule has 4 N–H and O–H groups in total.